The van der Waals surface area contributed by atoms with Gasteiger partial charge in [0.1, 0.15) is 10.6 Å². The smallest absolute Gasteiger partial charge is 0.277 e. The number of sulfonamides is 1. The summed E-state index contributed by atoms with van der Waals surface area (Å²) in [7, 11) is -1.94. The Morgan fingerprint density at radius 1 is 1.31 bits per heavy atom. The maximum Gasteiger partial charge on any atom is 0.277 e. The Labute approximate surface area is 176 Å². The molecule has 0 aromatic carbocycles. The SMILES string of the molecule is C=CCN(C(=O)c1cc(S(=O)(=O)N(CC)CC)cn1C)c1nc2c(s1)CCCC2. The number of hydrogen-bond donors (Lipinski definition) is 0. The van der Waals surface area contributed by atoms with E-state index in [2.05, 4.69) is 6.58 Å². The van der Waals surface area contributed by atoms with Crippen molar-refractivity contribution in [1.29, 1.82) is 0 Å². The number of carbonyl (C=O) groups is 1. The number of aromatic nitrogens is 2. The minimum Gasteiger partial charge on any atom is -0.345 e. The summed E-state index contributed by atoms with van der Waals surface area (Å²) in [6.07, 6.45) is 7.37. The average Bonchev–Trinajstić information content (AvgIpc) is 3.30. The van der Waals surface area contributed by atoms with Gasteiger partial charge in [-0.05, 0) is 31.7 Å². The molecule has 0 atom stereocenters. The van der Waals surface area contributed by atoms with E-state index >= 15 is 0 Å². The Kier molecular flexibility index (Phi) is 6.60. The normalized spacial score (nSPS) is 14.1. The molecule has 29 heavy (non-hydrogen) atoms. The van der Waals surface area contributed by atoms with E-state index in [1.54, 1.807) is 47.8 Å². The highest BCUT2D eigenvalue weighted by molar-refractivity contribution is 7.89. The van der Waals surface area contributed by atoms with Gasteiger partial charge in [-0.25, -0.2) is 13.4 Å². The lowest BCUT2D eigenvalue weighted by Crippen LogP contribution is -2.32. The second-order valence-corrected chi connectivity index (χ2v) is 10.0. The molecule has 0 saturated carbocycles. The van der Waals surface area contributed by atoms with Gasteiger partial charge >= 0.3 is 0 Å². The summed E-state index contributed by atoms with van der Waals surface area (Å²) in [5.74, 6) is -0.278. The van der Waals surface area contributed by atoms with Crippen molar-refractivity contribution < 1.29 is 13.2 Å². The molecule has 0 unspecified atom stereocenters. The molecule has 0 radical (unpaired) electrons. The van der Waals surface area contributed by atoms with Crippen molar-refractivity contribution in [2.75, 3.05) is 24.5 Å². The fourth-order valence-corrected chi connectivity index (χ4v) is 6.26. The first-order chi connectivity index (χ1) is 13.8. The Bertz CT molecular complexity index is 980. The molecule has 0 fully saturated rings. The molecule has 9 heteroatoms. The molecule has 2 heterocycles. The largest absolute Gasteiger partial charge is 0.345 e. The van der Waals surface area contributed by atoms with Crippen LogP contribution in [0.2, 0.25) is 0 Å². The zero-order valence-electron chi connectivity index (χ0n) is 17.2. The topological polar surface area (TPSA) is 75.5 Å². The number of fused-ring (bicyclic) bond motifs is 1. The molecule has 0 aliphatic heterocycles. The van der Waals surface area contributed by atoms with E-state index in [-0.39, 0.29) is 10.8 Å². The first kappa shape index (κ1) is 21.7. The summed E-state index contributed by atoms with van der Waals surface area (Å²) in [6, 6.07) is 1.46. The molecule has 0 bridgehead atoms. The van der Waals surface area contributed by atoms with E-state index in [1.807, 2.05) is 0 Å². The van der Waals surface area contributed by atoms with E-state index in [0.29, 0.717) is 30.5 Å². The van der Waals surface area contributed by atoms with Crippen molar-refractivity contribution >= 4 is 32.4 Å². The van der Waals surface area contributed by atoms with Crippen molar-refractivity contribution in [2.45, 2.75) is 44.4 Å². The van der Waals surface area contributed by atoms with Gasteiger partial charge in [-0.2, -0.15) is 4.31 Å². The van der Waals surface area contributed by atoms with Crippen LogP contribution in [0, 0.1) is 0 Å². The lowest BCUT2D eigenvalue weighted by Gasteiger charge is -2.18. The highest BCUT2D eigenvalue weighted by Crippen LogP contribution is 2.32. The van der Waals surface area contributed by atoms with Crippen LogP contribution in [0.15, 0.2) is 29.8 Å². The van der Waals surface area contributed by atoms with E-state index < -0.39 is 10.0 Å². The van der Waals surface area contributed by atoms with Crippen molar-refractivity contribution in [3.05, 3.63) is 41.2 Å². The Hall–Kier alpha value is -1.97. The van der Waals surface area contributed by atoms with Gasteiger partial charge in [-0.15, -0.1) is 17.9 Å². The van der Waals surface area contributed by atoms with E-state index in [4.69, 9.17) is 4.98 Å². The van der Waals surface area contributed by atoms with Crippen LogP contribution in [-0.4, -0.2) is 47.8 Å². The van der Waals surface area contributed by atoms with Gasteiger partial charge in [0.15, 0.2) is 5.13 Å². The Balaban J connectivity index is 1.96. The molecule has 0 saturated heterocycles. The minimum atomic E-state index is -3.63. The molecule has 0 N–H and O–H groups in total. The van der Waals surface area contributed by atoms with Gasteiger partial charge < -0.3 is 4.57 Å². The van der Waals surface area contributed by atoms with Crippen molar-refractivity contribution in [1.82, 2.24) is 13.9 Å². The third kappa shape index (κ3) is 4.17. The second-order valence-electron chi connectivity index (χ2n) is 7.04. The van der Waals surface area contributed by atoms with E-state index in [9.17, 15) is 13.2 Å². The summed E-state index contributed by atoms with van der Waals surface area (Å²) >= 11 is 1.55. The molecule has 3 rings (SSSR count). The zero-order valence-corrected chi connectivity index (χ0v) is 18.9. The fourth-order valence-electron chi connectivity index (χ4n) is 3.57. The fraction of sp³-hybridized carbons (Fsp3) is 0.500. The Morgan fingerprint density at radius 3 is 2.62 bits per heavy atom. The van der Waals surface area contributed by atoms with Gasteiger partial charge in [0.05, 0.1) is 5.69 Å². The van der Waals surface area contributed by atoms with Gasteiger partial charge in [0.25, 0.3) is 5.91 Å². The predicted molar refractivity (Wildman–Crippen MR) is 116 cm³/mol. The Morgan fingerprint density at radius 2 is 2.00 bits per heavy atom. The lowest BCUT2D eigenvalue weighted by molar-refractivity contribution is 0.0982. The predicted octanol–water partition coefficient (Wildman–Crippen LogP) is 3.22. The number of nitrogens with zero attached hydrogens (tertiary/aromatic N) is 4. The molecular weight excluding hydrogens is 408 g/mol. The highest BCUT2D eigenvalue weighted by Gasteiger charge is 2.29. The second kappa shape index (κ2) is 8.81. The van der Waals surface area contributed by atoms with Crippen molar-refractivity contribution in [2.24, 2.45) is 7.05 Å². The van der Waals surface area contributed by atoms with Crippen LogP contribution < -0.4 is 4.90 Å². The summed E-state index contributed by atoms with van der Waals surface area (Å²) in [4.78, 5) is 21.0. The number of amides is 1. The number of rotatable bonds is 8. The number of thiazole rings is 1. The minimum absolute atomic E-state index is 0.129. The van der Waals surface area contributed by atoms with Crippen LogP contribution in [0.3, 0.4) is 0 Å². The van der Waals surface area contributed by atoms with E-state index in [0.717, 1.165) is 31.4 Å². The molecule has 1 amide bonds. The van der Waals surface area contributed by atoms with Crippen LogP contribution in [-0.2, 0) is 29.9 Å². The van der Waals surface area contributed by atoms with Crippen LogP contribution in [0.4, 0.5) is 5.13 Å². The summed E-state index contributed by atoms with van der Waals surface area (Å²) in [5, 5.41) is 0.649. The van der Waals surface area contributed by atoms with Gasteiger partial charge in [-0.1, -0.05) is 19.9 Å². The molecule has 158 valence electrons. The first-order valence-electron chi connectivity index (χ1n) is 9.91. The molecular formula is C20H28N4O3S2. The third-order valence-corrected chi connectivity index (χ3v) is 8.36. The summed E-state index contributed by atoms with van der Waals surface area (Å²) < 4.78 is 28.6. The maximum atomic E-state index is 13.3. The average molecular weight is 437 g/mol. The van der Waals surface area contributed by atoms with Gasteiger partial charge in [-0.3, -0.25) is 9.69 Å². The van der Waals surface area contributed by atoms with Gasteiger partial charge in [0.2, 0.25) is 10.0 Å². The quantitative estimate of drug-likeness (QED) is 0.596. The van der Waals surface area contributed by atoms with Gasteiger partial charge in [0, 0.05) is 37.8 Å². The number of carbonyl (C=O) groups excluding carboxylic acids is 1. The van der Waals surface area contributed by atoms with E-state index in [1.165, 1.54) is 21.4 Å². The van der Waals surface area contributed by atoms with Crippen LogP contribution >= 0.6 is 11.3 Å². The standard InChI is InChI=1S/C20H28N4O3S2/c1-5-12-24(20-21-16-10-8-9-11-18(16)28-20)19(25)17-13-15(14-22(17)4)29(26,27)23(6-2)7-3/h5,13-14H,1,6-12H2,2-4H3. The van der Waals surface area contributed by atoms with Crippen molar-refractivity contribution in [3.63, 3.8) is 0 Å². The molecule has 1 aliphatic carbocycles. The maximum absolute atomic E-state index is 13.3. The van der Waals surface area contributed by atoms with Crippen LogP contribution in [0.25, 0.3) is 0 Å². The molecule has 2 aromatic rings. The summed E-state index contributed by atoms with van der Waals surface area (Å²) in [5.41, 5.74) is 1.39. The summed E-state index contributed by atoms with van der Waals surface area (Å²) in [6.45, 7) is 8.44. The molecule has 7 nitrogen and oxygen atoms in total. The monoisotopic (exact) mass is 436 g/mol. The van der Waals surface area contributed by atoms with Crippen LogP contribution in [0.1, 0.15) is 47.7 Å². The molecule has 1 aliphatic rings. The first-order valence-corrected chi connectivity index (χ1v) is 12.2. The lowest BCUT2D eigenvalue weighted by atomic mass is 10.0. The number of aryl methyl sites for hydroxylation is 3. The van der Waals surface area contributed by atoms with Crippen LogP contribution in [0.5, 0.6) is 0 Å². The van der Waals surface area contributed by atoms with Crippen molar-refractivity contribution in [3.8, 4) is 0 Å². The zero-order chi connectivity index (χ0) is 21.2. The third-order valence-electron chi connectivity index (χ3n) is 5.16. The highest BCUT2D eigenvalue weighted by atomic mass is 32.2. The molecule has 2 aromatic heterocycles. The molecule has 0 spiro atoms. The number of anilines is 1. The number of hydrogen-bond acceptors (Lipinski definition) is 5.